The first-order valence-electron chi connectivity index (χ1n) is 8.01. The van der Waals surface area contributed by atoms with Crippen molar-refractivity contribution in [3.8, 4) is 0 Å². The van der Waals surface area contributed by atoms with Gasteiger partial charge in [0.15, 0.2) is 0 Å². The molecule has 0 bridgehead atoms. The van der Waals surface area contributed by atoms with E-state index in [4.69, 9.17) is 0 Å². The van der Waals surface area contributed by atoms with E-state index in [-0.39, 0.29) is 30.1 Å². The number of anilines is 1. The van der Waals surface area contributed by atoms with Gasteiger partial charge in [-0.3, -0.25) is 9.52 Å². The average molecular weight is 376 g/mol. The number of nitrogens with zero attached hydrogens (tertiary/aromatic N) is 1. The summed E-state index contributed by atoms with van der Waals surface area (Å²) >= 11 is 0. The van der Waals surface area contributed by atoms with Gasteiger partial charge in [-0.1, -0.05) is 6.92 Å². The SMILES string of the molecule is CCCS(=O)(=O)Nc1ccc(C(=O)N(C)C2CCNCC2)cc1.Cl. The number of rotatable bonds is 6. The number of carbonyl (C=O) groups is 1. The van der Waals surface area contributed by atoms with Crippen LogP contribution in [0.4, 0.5) is 5.69 Å². The van der Waals surface area contributed by atoms with Crippen molar-refractivity contribution in [2.75, 3.05) is 30.6 Å². The molecule has 0 spiro atoms. The summed E-state index contributed by atoms with van der Waals surface area (Å²) in [6.45, 7) is 3.68. The van der Waals surface area contributed by atoms with Crippen molar-refractivity contribution in [2.24, 2.45) is 0 Å². The summed E-state index contributed by atoms with van der Waals surface area (Å²) in [5, 5.41) is 3.28. The van der Waals surface area contributed by atoms with Gasteiger partial charge in [0.2, 0.25) is 10.0 Å². The molecule has 0 saturated carbocycles. The number of carbonyl (C=O) groups excluding carboxylic acids is 1. The van der Waals surface area contributed by atoms with Crippen LogP contribution in [0.2, 0.25) is 0 Å². The number of sulfonamides is 1. The molecule has 1 fully saturated rings. The molecular weight excluding hydrogens is 350 g/mol. The van der Waals surface area contributed by atoms with Crippen molar-refractivity contribution >= 4 is 34.0 Å². The Morgan fingerprint density at radius 3 is 2.38 bits per heavy atom. The van der Waals surface area contributed by atoms with E-state index >= 15 is 0 Å². The van der Waals surface area contributed by atoms with Crippen molar-refractivity contribution < 1.29 is 13.2 Å². The first-order valence-corrected chi connectivity index (χ1v) is 9.66. The second-order valence-corrected chi connectivity index (χ2v) is 7.74. The maximum Gasteiger partial charge on any atom is 0.253 e. The maximum absolute atomic E-state index is 12.5. The molecule has 1 amide bonds. The van der Waals surface area contributed by atoms with Crippen LogP contribution in [0.25, 0.3) is 0 Å². The lowest BCUT2D eigenvalue weighted by Crippen LogP contribution is -2.43. The summed E-state index contributed by atoms with van der Waals surface area (Å²) in [5.41, 5.74) is 1.06. The van der Waals surface area contributed by atoms with Crippen LogP contribution in [0.1, 0.15) is 36.5 Å². The number of amides is 1. The molecule has 2 rings (SSSR count). The number of nitrogens with one attached hydrogen (secondary N) is 2. The number of hydrogen-bond acceptors (Lipinski definition) is 4. The molecular formula is C16H26ClN3O3S. The molecule has 1 heterocycles. The molecule has 0 aliphatic carbocycles. The Hall–Kier alpha value is -1.31. The van der Waals surface area contributed by atoms with E-state index in [1.165, 1.54) is 0 Å². The molecule has 1 aliphatic heterocycles. The van der Waals surface area contributed by atoms with Crippen molar-refractivity contribution in [1.82, 2.24) is 10.2 Å². The van der Waals surface area contributed by atoms with E-state index in [1.807, 2.05) is 14.0 Å². The zero-order valence-electron chi connectivity index (χ0n) is 14.1. The van der Waals surface area contributed by atoms with E-state index in [2.05, 4.69) is 10.0 Å². The highest BCUT2D eigenvalue weighted by Gasteiger charge is 2.22. The number of piperidine rings is 1. The minimum absolute atomic E-state index is 0. The molecule has 8 heteroatoms. The number of halogens is 1. The molecule has 0 aromatic heterocycles. The van der Waals surface area contributed by atoms with E-state index in [0.717, 1.165) is 25.9 Å². The summed E-state index contributed by atoms with van der Waals surface area (Å²) < 4.78 is 26.0. The van der Waals surface area contributed by atoms with Crippen LogP contribution in [0.15, 0.2) is 24.3 Å². The van der Waals surface area contributed by atoms with Crippen LogP contribution in [-0.4, -0.2) is 51.2 Å². The fourth-order valence-electron chi connectivity index (χ4n) is 2.74. The van der Waals surface area contributed by atoms with Crippen LogP contribution in [0, 0.1) is 0 Å². The topological polar surface area (TPSA) is 78.5 Å². The molecule has 0 atom stereocenters. The van der Waals surface area contributed by atoms with Gasteiger partial charge in [-0.25, -0.2) is 8.42 Å². The maximum atomic E-state index is 12.5. The minimum Gasteiger partial charge on any atom is -0.339 e. The lowest BCUT2D eigenvalue weighted by atomic mass is 10.0. The molecule has 1 aromatic rings. The monoisotopic (exact) mass is 375 g/mol. The molecule has 0 unspecified atom stereocenters. The standard InChI is InChI=1S/C16H25N3O3S.ClH/c1-3-12-23(21,22)18-14-6-4-13(5-7-14)16(20)19(2)15-8-10-17-11-9-15;/h4-7,15,17-18H,3,8-12H2,1-2H3;1H. The lowest BCUT2D eigenvalue weighted by Gasteiger charge is -2.31. The van der Waals surface area contributed by atoms with Gasteiger partial charge in [-0.2, -0.15) is 0 Å². The Morgan fingerprint density at radius 2 is 1.83 bits per heavy atom. The molecule has 1 saturated heterocycles. The van der Waals surface area contributed by atoms with Crippen molar-refractivity contribution in [2.45, 2.75) is 32.2 Å². The first kappa shape index (κ1) is 20.7. The van der Waals surface area contributed by atoms with Crippen molar-refractivity contribution in [3.63, 3.8) is 0 Å². The van der Waals surface area contributed by atoms with Gasteiger partial charge in [-0.05, 0) is 56.6 Å². The molecule has 136 valence electrons. The summed E-state index contributed by atoms with van der Waals surface area (Å²) in [5.74, 6) is 0.0615. The fourth-order valence-corrected chi connectivity index (χ4v) is 3.88. The molecule has 2 N–H and O–H groups in total. The molecule has 1 aliphatic rings. The Kier molecular flexibility index (Phi) is 7.99. The van der Waals surface area contributed by atoms with Crippen molar-refractivity contribution in [3.05, 3.63) is 29.8 Å². The van der Waals surface area contributed by atoms with Crippen LogP contribution in [-0.2, 0) is 10.0 Å². The zero-order valence-corrected chi connectivity index (χ0v) is 15.8. The molecule has 24 heavy (non-hydrogen) atoms. The Bertz CT molecular complexity index is 628. The highest BCUT2D eigenvalue weighted by molar-refractivity contribution is 7.92. The highest BCUT2D eigenvalue weighted by Crippen LogP contribution is 2.16. The summed E-state index contributed by atoms with van der Waals surface area (Å²) in [6, 6.07) is 6.87. The van der Waals surface area contributed by atoms with E-state index in [0.29, 0.717) is 17.7 Å². The number of benzene rings is 1. The van der Waals surface area contributed by atoms with Gasteiger partial charge in [0, 0.05) is 24.3 Å². The minimum atomic E-state index is -3.30. The Morgan fingerprint density at radius 1 is 1.25 bits per heavy atom. The third-order valence-electron chi connectivity index (χ3n) is 4.05. The average Bonchev–Trinajstić information content (AvgIpc) is 2.54. The third-order valence-corrected chi connectivity index (χ3v) is 5.55. The van der Waals surface area contributed by atoms with E-state index in [1.54, 1.807) is 29.2 Å². The predicted octanol–water partition coefficient (Wildman–Crippen LogP) is 2.08. The fraction of sp³-hybridized carbons (Fsp3) is 0.562. The summed E-state index contributed by atoms with van der Waals surface area (Å²) in [6.07, 6.45) is 2.47. The summed E-state index contributed by atoms with van der Waals surface area (Å²) in [4.78, 5) is 14.3. The second kappa shape index (κ2) is 9.25. The molecule has 0 radical (unpaired) electrons. The molecule has 1 aromatic carbocycles. The number of hydrogen-bond donors (Lipinski definition) is 2. The van der Waals surface area contributed by atoms with Gasteiger partial charge >= 0.3 is 0 Å². The summed E-state index contributed by atoms with van der Waals surface area (Å²) in [7, 11) is -1.47. The highest BCUT2D eigenvalue weighted by atomic mass is 35.5. The van der Waals surface area contributed by atoms with E-state index in [9.17, 15) is 13.2 Å². The van der Waals surface area contributed by atoms with Gasteiger partial charge in [-0.15, -0.1) is 12.4 Å². The van der Waals surface area contributed by atoms with Gasteiger partial charge in [0.1, 0.15) is 0 Å². The van der Waals surface area contributed by atoms with Crippen LogP contribution in [0.3, 0.4) is 0 Å². The van der Waals surface area contributed by atoms with Crippen molar-refractivity contribution in [1.29, 1.82) is 0 Å². The lowest BCUT2D eigenvalue weighted by molar-refractivity contribution is 0.0703. The third kappa shape index (κ3) is 5.65. The van der Waals surface area contributed by atoms with Crippen LogP contribution in [0.5, 0.6) is 0 Å². The predicted molar refractivity (Wildman–Crippen MR) is 99.4 cm³/mol. The normalized spacial score (nSPS) is 15.4. The van der Waals surface area contributed by atoms with Crippen LogP contribution >= 0.6 is 12.4 Å². The Labute approximate surface area is 150 Å². The second-order valence-electron chi connectivity index (χ2n) is 5.90. The smallest absolute Gasteiger partial charge is 0.253 e. The van der Waals surface area contributed by atoms with Gasteiger partial charge in [0.05, 0.1) is 5.75 Å². The zero-order chi connectivity index (χ0) is 16.9. The largest absolute Gasteiger partial charge is 0.339 e. The van der Waals surface area contributed by atoms with Crippen LogP contribution < -0.4 is 10.0 Å². The quantitative estimate of drug-likeness (QED) is 0.797. The molecule has 6 nitrogen and oxygen atoms in total. The first-order chi connectivity index (χ1) is 10.9. The van der Waals surface area contributed by atoms with E-state index < -0.39 is 10.0 Å². The van der Waals surface area contributed by atoms with Gasteiger partial charge in [0.25, 0.3) is 5.91 Å². The van der Waals surface area contributed by atoms with Gasteiger partial charge < -0.3 is 10.2 Å². The Balaban J connectivity index is 0.00000288.